The molecule has 0 aliphatic rings. The lowest BCUT2D eigenvalue weighted by Crippen LogP contribution is -2.01. The Hall–Kier alpha value is -1.46. The highest BCUT2D eigenvalue weighted by Gasteiger charge is 2.06. The first kappa shape index (κ1) is 15.9. The van der Waals surface area contributed by atoms with E-state index in [9.17, 15) is 4.21 Å². The summed E-state index contributed by atoms with van der Waals surface area (Å²) >= 11 is 6.13. The van der Waals surface area contributed by atoms with Crippen LogP contribution in [0.2, 0.25) is 5.02 Å². The number of aryl methyl sites for hydroxylation is 2. The second kappa shape index (κ2) is 7.00. The topological polar surface area (TPSA) is 54.9 Å². The lowest BCUT2D eigenvalue weighted by atomic mass is 10.2. The maximum atomic E-state index is 11.4. The van der Waals surface area contributed by atoms with Crippen molar-refractivity contribution in [1.29, 1.82) is 0 Å². The molecule has 0 spiro atoms. The fraction of sp³-hybridized carbons (Fsp3) is 0.333. The first-order chi connectivity index (χ1) is 9.97. The van der Waals surface area contributed by atoms with E-state index in [1.165, 1.54) is 0 Å². The third kappa shape index (κ3) is 4.51. The van der Waals surface area contributed by atoms with Crippen molar-refractivity contribution < 1.29 is 4.21 Å². The van der Waals surface area contributed by atoms with Crippen molar-refractivity contribution in [3.8, 4) is 0 Å². The quantitative estimate of drug-likeness (QED) is 0.913. The molecule has 0 radical (unpaired) electrons. The number of halogens is 1. The smallest absolute Gasteiger partial charge is 0.134 e. The van der Waals surface area contributed by atoms with E-state index < -0.39 is 10.8 Å². The lowest BCUT2D eigenvalue weighted by Gasteiger charge is -2.10. The molecule has 0 aliphatic carbocycles. The van der Waals surface area contributed by atoms with E-state index in [1.54, 1.807) is 12.3 Å². The second-order valence-corrected chi connectivity index (χ2v) is 6.64. The van der Waals surface area contributed by atoms with Crippen molar-refractivity contribution in [2.24, 2.45) is 0 Å². The van der Waals surface area contributed by atoms with Gasteiger partial charge in [-0.15, -0.1) is 0 Å². The Bertz CT molecular complexity index is 676. The third-order valence-electron chi connectivity index (χ3n) is 2.93. The maximum Gasteiger partial charge on any atom is 0.134 e. The van der Waals surface area contributed by atoms with Gasteiger partial charge in [-0.2, -0.15) is 0 Å². The standard InChI is InChI=1S/C15H18ClN3OS/c1-4-12-8-15(18-10(2)17-12)19-13-5-6-14(16)11(7-13)9-21(3)20/h5-8H,4,9H2,1-3H3,(H,17,18,19). The van der Waals surface area contributed by atoms with Crippen LogP contribution in [0.1, 0.15) is 24.0 Å². The van der Waals surface area contributed by atoms with Crippen LogP contribution >= 0.6 is 11.6 Å². The first-order valence-corrected chi connectivity index (χ1v) is 8.78. The third-order valence-corrected chi connectivity index (χ3v) is 4.02. The van der Waals surface area contributed by atoms with Crippen LogP contribution in [0.4, 0.5) is 11.5 Å². The Morgan fingerprint density at radius 1 is 1.29 bits per heavy atom. The Labute approximate surface area is 132 Å². The van der Waals surface area contributed by atoms with Gasteiger partial charge in [0.25, 0.3) is 0 Å². The predicted octanol–water partition coefficient (Wildman–Crippen LogP) is 3.62. The molecule has 21 heavy (non-hydrogen) atoms. The molecule has 0 bridgehead atoms. The molecule has 1 aromatic carbocycles. The number of benzene rings is 1. The number of rotatable bonds is 5. The van der Waals surface area contributed by atoms with Crippen molar-refractivity contribution in [3.63, 3.8) is 0 Å². The summed E-state index contributed by atoms with van der Waals surface area (Å²) in [6, 6.07) is 7.53. The molecule has 1 N–H and O–H groups in total. The van der Waals surface area contributed by atoms with Crippen LogP contribution in [0.15, 0.2) is 24.3 Å². The monoisotopic (exact) mass is 323 g/mol. The molecule has 1 unspecified atom stereocenters. The summed E-state index contributed by atoms with van der Waals surface area (Å²) in [4.78, 5) is 8.73. The van der Waals surface area contributed by atoms with E-state index >= 15 is 0 Å². The molecular weight excluding hydrogens is 306 g/mol. The minimum absolute atomic E-state index is 0.442. The molecule has 0 saturated carbocycles. The van der Waals surface area contributed by atoms with Crippen molar-refractivity contribution in [2.45, 2.75) is 26.0 Å². The highest BCUT2D eigenvalue weighted by atomic mass is 35.5. The highest BCUT2D eigenvalue weighted by molar-refractivity contribution is 7.83. The van der Waals surface area contributed by atoms with Crippen LogP contribution in [0.3, 0.4) is 0 Å². The zero-order valence-corrected chi connectivity index (χ0v) is 13.9. The zero-order chi connectivity index (χ0) is 15.4. The Balaban J connectivity index is 2.27. The summed E-state index contributed by atoms with van der Waals surface area (Å²) in [5.41, 5.74) is 2.73. The highest BCUT2D eigenvalue weighted by Crippen LogP contribution is 2.24. The van der Waals surface area contributed by atoms with Crippen LogP contribution in [-0.4, -0.2) is 20.4 Å². The summed E-state index contributed by atoms with van der Waals surface area (Å²) in [5.74, 6) is 1.93. The van der Waals surface area contributed by atoms with E-state index in [1.807, 2.05) is 25.1 Å². The van der Waals surface area contributed by atoms with Crippen LogP contribution in [0, 0.1) is 6.92 Å². The molecule has 0 saturated heterocycles. The van der Waals surface area contributed by atoms with Crippen molar-refractivity contribution in [1.82, 2.24) is 9.97 Å². The largest absolute Gasteiger partial charge is 0.340 e. The van der Waals surface area contributed by atoms with Gasteiger partial charge in [-0.3, -0.25) is 4.21 Å². The van der Waals surface area contributed by atoms with Gasteiger partial charge >= 0.3 is 0 Å². The molecule has 1 aromatic heterocycles. The minimum Gasteiger partial charge on any atom is -0.340 e. The number of hydrogen-bond donors (Lipinski definition) is 1. The summed E-state index contributed by atoms with van der Waals surface area (Å²) < 4.78 is 11.4. The molecule has 6 heteroatoms. The van der Waals surface area contributed by atoms with Crippen molar-refractivity contribution in [2.75, 3.05) is 11.6 Å². The molecule has 0 fully saturated rings. The van der Waals surface area contributed by atoms with E-state index in [2.05, 4.69) is 22.2 Å². The van der Waals surface area contributed by atoms with E-state index in [0.717, 1.165) is 35.0 Å². The molecule has 112 valence electrons. The fourth-order valence-corrected chi connectivity index (χ4v) is 2.95. The number of nitrogens with one attached hydrogen (secondary N) is 1. The van der Waals surface area contributed by atoms with Gasteiger partial charge in [0, 0.05) is 45.3 Å². The van der Waals surface area contributed by atoms with Gasteiger partial charge in [0.1, 0.15) is 11.6 Å². The number of aromatic nitrogens is 2. The van der Waals surface area contributed by atoms with E-state index in [-0.39, 0.29) is 0 Å². The number of hydrogen-bond acceptors (Lipinski definition) is 4. The molecule has 1 atom stereocenters. The van der Waals surface area contributed by atoms with Crippen LogP contribution in [-0.2, 0) is 23.0 Å². The fourth-order valence-electron chi connectivity index (χ4n) is 2.00. The van der Waals surface area contributed by atoms with Crippen LogP contribution in [0.25, 0.3) is 0 Å². The normalized spacial score (nSPS) is 12.2. The SMILES string of the molecule is CCc1cc(Nc2ccc(Cl)c(CS(C)=O)c2)nc(C)n1. The predicted molar refractivity (Wildman–Crippen MR) is 88.7 cm³/mol. The maximum absolute atomic E-state index is 11.4. The minimum atomic E-state index is -0.928. The molecular formula is C15H18ClN3OS. The summed E-state index contributed by atoms with van der Waals surface area (Å²) in [7, 11) is -0.928. The van der Waals surface area contributed by atoms with Gasteiger partial charge in [0.05, 0.1) is 0 Å². The Kier molecular flexibility index (Phi) is 5.31. The molecule has 2 rings (SSSR count). The van der Waals surface area contributed by atoms with E-state index in [4.69, 9.17) is 11.6 Å². The number of anilines is 2. The molecule has 0 aliphatic heterocycles. The van der Waals surface area contributed by atoms with Gasteiger partial charge in [-0.1, -0.05) is 18.5 Å². The van der Waals surface area contributed by atoms with Gasteiger partial charge in [0.2, 0.25) is 0 Å². The van der Waals surface area contributed by atoms with Gasteiger partial charge in [-0.25, -0.2) is 9.97 Å². The van der Waals surface area contributed by atoms with Gasteiger partial charge in [0.15, 0.2) is 0 Å². The van der Waals surface area contributed by atoms with Gasteiger partial charge < -0.3 is 5.32 Å². The Morgan fingerprint density at radius 2 is 2.05 bits per heavy atom. The molecule has 4 nitrogen and oxygen atoms in total. The summed E-state index contributed by atoms with van der Waals surface area (Å²) in [6.07, 6.45) is 2.52. The van der Waals surface area contributed by atoms with Crippen LogP contribution < -0.4 is 5.32 Å². The molecule has 0 amide bonds. The second-order valence-electron chi connectivity index (χ2n) is 4.79. The van der Waals surface area contributed by atoms with Gasteiger partial charge in [-0.05, 0) is 37.1 Å². The molecule has 2 aromatic rings. The average Bonchev–Trinajstić information content (AvgIpc) is 2.41. The zero-order valence-electron chi connectivity index (χ0n) is 12.3. The first-order valence-electron chi connectivity index (χ1n) is 6.68. The summed E-state index contributed by atoms with van der Waals surface area (Å²) in [6.45, 7) is 3.93. The van der Waals surface area contributed by atoms with E-state index in [0.29, 0.717) is 10.8 Å². The Morgan fingerprint density at radius 3 is 2.71 bits per heavy atom. The molecule has 1 heterocycles. The number of nitrogens with zero attached hydrogens (tertiary/aromatic N) is 2. The van der Waals surface area contributed by atoms with Crippen molar-refractivity contribution in [3.05, 3.63) is 46.4 Å². The summed E-state index contributed by atoms with van der Waals surface area (Å²) in [5, 5.41) is 3.88. The lowest BCUT2D eigenvalue weighted by molar-refractivity contribution is 0.686. The average molecular weight is 324 g/mol. The van der Waals surface area contributed by atoms with Crippen LogP contribution in [0.5, 0.6) is 0 Å². The van der Waals surface area contributed by atoms with Crippen molar-refractivity contribution >= 4 is 33.9 Å².